The van der Waals surface area contributed by atoms with Crippen molar-refractivity contribution in [1.82, 2.24) is 0 Å². The van der Waals surface area contributed by atoms with Crippen molar-refractivity contribution >= 4 is 6.29 Å². The van der Waals surface area contributed by atoms with E-state index in [0.29, 0.717) is 29.7 Å². The average molecular weight is 226 g/mol. The average Bonchev–Trinajstić information content (AvgIpc) is 2.30. The molecule has 0 aliphatic carbocycles. The molecule has 0 heterocycles. The summed E-state index contributed by atoms with van der Waals surface area (Å²) >= 11 is 0. The third-order valence-electron chi connectivity index (χ3n) is 2.32. The molecule has 0 amide bonds. The summed E-state index contributed by atoms with van der Waals surface area (Å²) in [7, 11) is 2.98. The molecular formula is C12H15FO3. The van der Waals surface area contributed by atoms with Crippen LogP contribution in [0, 0.1) is 5.82 Å². The van der Waals surface area contributed by atoms with Gasteiger partial charge in [0.05, 0.1) is 19.3 Å². The molecule has 0 saturated carbocycles. The minimum Gasteiger partial charge on any atom is -0.496 e. The van der Waals surface area contributed by atoms with Crippen LogP contribution in [0.25, 0.3) is 0 Å². The Morgan fingerprint density at radius 1 is 1.38 bits per heavy atom. The Hall–Kier alpha value is -1.42. The lowest BCUT2D eigenvalue weighted by Gasteiger charge is -2.11. The number of halogens is 1. The summed E-state index contributed by atoms with van der Waals surface area (Å²) in [4.78, 5) is 10.3. The number of hydrogen-bond acceptors (Lipinski definition) is 3. The van der Waals surface area contributed by atoms with Crippen LogP contribution < -0.4 is 4.74 Å². The van der Waals surface area contributed by atoms with Gasteiger partial charge in [-0.2, -0.15) is 0 Å². The predicted molar refractivity (Wildman–Crippen MR) is 58.1 cm³/mol. The first kappa shape index (κ1) is 12.6. The zero-order valence-corrected chi connectivity index (χ0v) is 9.46. The maximum absolute atomic E-state index is 14.0. The summed E-state index contributed by atoms with van der Waals surface area (Å²) in [5.41, 5.74) is 0.911. The molecule has 1 aromatic carbocycles. The van der Waals surface area contributed by atoms with Crippen molar-refractivity contribution in [2.75, 3.05) is 14.2 Å². The number of ether oxygens (including phenoxy) is 2. The second-order valence-electron chi connectivity index (χ2n) is 3.36. The van der Waals surface area contributed by atoms with E-state index in [1.165, 1.54) is 14.2 Å². The predicted octanol–water partition coefficient (Wildman–Crippen LogP) is 2.11. The van der Waals surface area contributed by atoms with Crippen LogP contribution in [-0.4, -0.2) is 20.5 Å². The molecule has 3 nitrogen and oxygen atoms in total. The lowest BCUT2D eigenvalue weighted by molar-refractivity contribution is -0.107. The van der Waals surface area contributed by atoms with Crippen molar-refractivity contribution < 1.29 is 18.7 Å². The van der Waals surface area contributed by atoms with Crippen molar-refractivity contribution in [3.05, 3.63) is 29.1 Å². The van der Waals surface area contributed by atoms with Crippen LogP contribution in [0.2, 0.25) is 0 Å². The number of carbonyl (C=O) groups is 1. The Labute approximate surface area is 94.2 Å². The smallest absolute Gasteiger partial charge is 0.135 e. The number of benzene rings is 1. The van der Waals surface area contributed by atoms with Crippen LogP contribution in [0.15, 0.2) is 12.1 Å². The Morgan fingerprint density at radius 2 is 2.12 bits per heavy atom. The van der Waals surface area contributed by atoms with Gasteiger partial charge in [0.1, 0.15) is 17.9 Å². The van der Waals surface area contributed by atoms with Gasteiger partial charge in [0, 0.05) is 13.5 Å². The van der Waals surface area contributed by atoms with Crippen LogP contribution in [0.3, 0.4) is 0 Å². The largest absolute Gasteiger partial charge is 0.496 e. The van der Waals surface area contributed by atoms with Gasteiger partial charge in [-0.05, 0) is 18.1 Å². The minimum atomic E-state index is -0.344. The van der Waals surface area contributed by atoms with E-state index < -0.39 is 0 Å². The summed E-state index contributed by atoms with van der Waals surface area (Å²) in [5.74, 6) is 0.122. The number of aldehydes is 1. The van der Waals surface area contributed by atoms with Crippen molar-refractivity contribution in [3.63, 3.8) is 0 Å². The minimum absolute atomic E-state index is 0.157. The van der Waals surface area contributed by atoms with Crippen molar-refractivity contribution in [1.29, 1.82) is 0 Å². The molecule has 1 rings (SSSR count). The standard InChI is InChI=1S/C12H15FO3/c1-15-8-10-11(16-2)6-5-9(12(10)13)4-3-7-14/h5-7H,3-4,8H2,1-2H3. The highest BCUT2D eigenvalue weighted by Crippen LogP contribution is 2.25. The normalized spacial score (nSPS) is 10.2. The molecule has 1 aromatic rings. The molecule has 4 heteroatoms. The van der Waals surface area contributed by atoms with Crippen LogP contribution >= 0.6 is 0 Å². The second kappa shape index (κ2) is 6.23. The highest BCUT2D eigenvalue weighted by Gasteiger charge is 2.13. The van der Waals surface area contributed by atoms with E-state index in [0.717, 1.165) is 6.29 Å². The summed E-state index contributed by atoms with van der Waals surface area (Å²) < 4.78 is 23.9. The van der Waals surface area contributed by atoms with Gasteiger partial charge in [-0.3, -0.25) is 0 Å². The van der Waals surface area contributed by atoms with E-state index in [-0.39, 0.29) is 12.4 Å². The van der Waals surface area contributed by atoms with E-state index >= 15 is 0 Å². The molecule has 0 saturated heterocycles. The van der Waals surface area contributed by atoms with E-state index in [9.17, 15) is 9.18 Å². The second-order valence-corrected chi connectivity index (χ2v) is 3.36. The number of hydrogen-bond donors (Lipinski definition) is 0. The number of rotatable bonds is 6. The lowest BCUT2D eigenvalue weighted by atomic mass is 10.0. The van der Waals surface area contributed by atoms with Crippen LogP contribution in [-0.2, 0) is 22.6 Å². The van der Waals surface area contributed by atoms with Crippen LogP contribution in [0.1, 0.15) is 17.5 Å². The zero-order valence-electron chi connectivity index (χ0n) is 9.46. The third-order valence-corrected chi connectivity index (χ3v) is 2.32. The van der Waals surface area contributed by atoms with Gasteiger partial charge >= 0.3 is 0 Å². The Bertz CT molecular complexity index is 364. The van der Waals surface area contributed by atoms with Gasteiger partial charge < -0.3 is 14.3 Å². The number of carbonyl (C=O) groups excluding carboxylic acids is 1. The SMILES string of the molecule is COCc1c(OC)ccc(CCC=O)c1F. The van der Waals surface area contributed by atoms with Crippen molar-refractivity contribution in [2.45, 2.75) is 19.4 Å². The Kier molecular flexibility index (Phi) is 4.92. The monoisotopic (exact) mass is 226 g/mol. The fraction of sp³-hybridized carbons (Fsp3) is 0.417. The van der Waals surface area contributed by atoms with Gasteiger partial charge in [0.25, 0.3) is 0 Å². The van der Waals surface area contributed by atoms with E-state index in [1.807, 2.05) is 0 Å². The topological polar surface area (TPSA) is 35.5 Å². The molecule has 0 fully saturated rings. The molecule has 0 spiro atoms. The van der Waals surface area contributed by atoms with E-state index in [2.05, 4.69) is 0 Å². The van der Waals surface area contributed by atoms with Gasteiger partial charge in [-0.1, -0.05) is 6.07 Å². The summed E-state index contributed by atoms with van der Waals surface area (Å²) in [6, 6.07) is 3.33. The van der Waals surface area contributed by atoms with E-state index in [1.54, 1.807) is 12.1 Å². The van der Waals surface area contributed by atoms with Crippen LogP contribution in [0.5, 0.6) is 5.75 Å². The molecule has 88 valence electrons. The third kappa shape index (κ3) is 2.79. The van der Waals surface area contributed by atoms with Crippen LogP contribution in [0.4, 0.5) is 4.39 Å². The number of methoxy groups -OCH3 is 2. The summed E-state index contributed by atoms with van der Waals surface area (Å²) in [5, 5.41) is 0. The molecule has 0 N–H and O–H groups in total. The van der Waals surface area contributed by atoms with Gasteiger partial charge in [0.15, 0.2) is 0 Å². The Morgan fingerprint density at radius 3 is 2.69 bits per heavy atom. The first-order chi connectivity index (χ1) is 7.74. The summed E-state index contributed by atoms with van der Waals surface area (Å²) in [6.07, 6.45) is 1.49. The van der Waals surface area contributed by atoms with E-state index in [4.69, 9.17) is 9.47 Å². The van der Waals surface area contributed by atoms with Gasteiger partial charge in [-0.15, -0.1) is 0 Å². The van der Waals surface area contributed by atoms with Crippen molar-refractivity contribution in [2.24, 2.45) is 0 Å². The highest BCUT2D eigenvalue weighted by atomic mass is 19.1. The Balaban J connectivity index is 3.04. The van der Waals surface area contributed by atoms with Gasteiger partial charge in [0.2, 0.25) is 0 Å². The molecule has 16 heavy (non-hydrogen) atoms. The molecule has 0 unspecified atom stereocenters. The fourth-order valence-corrected chi connectivity index (χ4v) is 1.53. The highest BCUT2D eigenvalue weighted by molar-refractivity contribution is 5.50. The molecule has 0 aromatic heterocycles. The molecule has 0 aliphatic heterocycles. The molecule has 0 aliphatic rings. The first-order valence-corrected chi connectivity index (χ1v) is 5.01. The first-order valence-electron chi connectivity index (χ1n) is 5.01. The molecule has 0 radical (unpaired) electrons. The quantitative estimate of drug-likeness (QED) is 0.697. The van der Waals surface area contributed by atoms with Crippen molar-refractivity contribution in [3.8, 4) is 5.75 Å². The molecular weight excluding hydrogens is 211 g/mol. The maximum Gasteiger partial charge on any atom is 0.135 e. The lowest BCUT2D eigenvalue weighted by Crippen LogP contribution is -2.02. The maximum atomic E-state index is 14.0. The zero-order chi connectivity index (χ0) is 12.0. The summed E-state index contributed by atoms with van der Waals surface area (Å²) in [6.45, 7) is 0.157. The fourth-order valence-electron chi connectivity index (χ4n) is 1.53. The van der Waals surface area contributed by atoms with Gasteiger partial charge in [-0.25, -0.2) is 4.39 Å². The molecule has 0 atom stereocenters. The molecule has 0 bridgehead atoms. The number of aryl methyl sites for hydroxylation is 1.